The highest BCUT2D eigenvalue weighted by Gasteiger charge is 2.29. The third kappa shape index (κ3) is 4.00. The molecular formula is C19H16F3N3O2S2. The van der Waals surface area contributed by atoms with Gasteiger partial charge in [0.05, 0.1) is 10.6 Å². The average molecular weight is 439 g/mol. The first-order valence-corrected chi connectivity index (χ1v) is 11.1. The molecule has 0 atom stereocenters. The van der Waals surface area contributed by atoms with Gasteiger partial charge in [0.15, 0.2) is 16.8 Å². The van der Waals surface area contributed by atoms with E-state index in [0.717, 1.165) is 18.2 Å². The van der Waals surface area contributed by atoms with Crippen molar-refractivity contribution in [3.63, 3.8) is 0 Å². The van der Waals surface area contributed by atoms with Gasteiger partial charge in [0, 0.05) is 37.1 Å². The van der Waals surface area contributed by atoms with Crippen molar-refractivity contribution in [1.29, 1.82) is 0 Å². The lowest BCUT2D eigenvalue weighted by Crippen LogP contribution is -2.48. The number of halogens is 3. The van der Waals surface area contributed by atoms with E-state index in [0.29, 0.717) is 29.5 Å². The highest BCUT2D eigenvalue weighted by molar-refractivity contribution is 7.89. The Hall–Kier alpha value is -2.43. The summed E-state index contributed by atoms with van der Waals surface area (Å²) in [5.74, 6) is -2.45. The lowest BCUT2D eigenvalue weighted by molar-refractivity contribution is 0.384. The minimum absolute atomic E-state index is 0.0687. The summed E-state index contributed by atoms with van der Waals surface area (Å²) in [5.41, 5.74) is 0.998. The van der Waals surface area contributed by atoms with Crippen molar-refractivity contribution in [2.24, 2.45) is 0 Å². The van der Waals surface area contributed by atoms with E-state index in [2.05, 4.69) is 4.98 Å². The van der Waals surface area contributed by atoms with Crippen LogP contribution in [0.4, 0.5) is 18.3 Å². The van der Waals surface area contributed by atoms with Gasteiger partial charge in [0.25, 0.3) is 0 Å². The first-order chi connectivity index (χ1) is 13.8. The van der Waals surface area contributed by atoms with Crippen molar-refractivity contribution in [1.82, 2.24) is 9.29 Å². The summed E-state index contributed by atoms with van der Waals surface area (Å²) in [4.78, 5) is 6.34. The minimum atomic E-state index is -3.76. The van der Waals surface area contributed by atoms with Crippen LogP contribution in [0.25, 0.3) is 11.3 Å². The molecule has 2 heterocycles. The molecule has 0 bridgehead atoms. The molecule has 3 aromatic rings. The Morgan fingerprint density at radius 1 is 0.931 bits per heavy atom. The SMILES string of the molecule is O=S(=O)(c1cccc(F)c1)N1CCN(c2nc(-c3ccc(F)c(F)c3)cs2)CC1. The van der Waals surface area contributed by atoms with Crippen LogP contribution in [0.1, 0.15) is 0 Å². The largest absolute Gasteiger partial charge is 0.345 e. The molecule has 152 valence electrons. The molecule has 0 N–H and O–H groups in total. The van der Waals surface area contributed by atoms with Crippen molar-refractivity contribution in [3.05, 3.63) is 65.3 Å². The van der Waals surface area contributed by atoms with Gasteiger partial charge in [-0.25, -0.2) is 26.6 Å². The summed E-state index contributed by atoms with van der Waals surface area (Å²) in [7, 11) is -3.76. The number of thiazole rings is 1. The minimum Gasteiger partial charge on any atom is -0.345 e. The summed E-state index contributed by atoms with van der Waals surface area (Å²) in [6.45, 7) is 1.30. The number of hydrogen-bond donors (Lipinski definition) is 0. The van der Waals surface area contributed by atoms with Crippen LogP contribution in [0, 0.1) is 17.5 Å². The van der Waals surface area contributed by atoms with Crippen LogP contribution in [0.2, 0.25) is 0 Å². The topological polar surface area (TPSA) is 53.5 Å². The highest BCUT2D eigenvalue weighted by atomic mass is 32.2. The molecule has 0 saturated carbocycles. The Kier molecular flexibility index (Phi) is 5.32. The standard InChI is InChI=1S/C19H16F3N3O2S2/c20-14-2-1-3-15(11-14)29(26,27)25-8-6-24(7-9-25)19-23-18(12-28-19)13-4-5-16(21)17(22)10-13/h1-5,10-12H,6-9H2. The smallest absolute Gasteiger partial charge is 0.243 e. The Bertz CT molecular complexity index is 1140. The molecule has 10 heteroatoms. The van der Waals surface area contributed by atoms with E-state index in [-0.39, 0.29) is 18.0 Å². The fourth-order valence-electron chi connectivity index (χ4n) is 3.09. The summed E-state index contributed by atoms with van der Waals surface area (Å²) in [6, 6.07) is 8.56. The number of anilines is 1. The Balaban J connectivity index is 1.46. The second-order valence-corrected chi connectivity index (χ2v) is 9.27. The van der Waals surface area contributed by atoms with Gasteiger partial charge in [-0.1, -0.05) is 6.07 Å². The molecule has 1 aliphatic rings. The highest BCUT2D eigenvalue weighted by Crippen LogP contribution is 2.29. The number of nitrogens with zero attached hydrogens (tertiary/aromatic N) is 3. The van der Waals surface area contributed by atoms with Crippen LogP contribution in [0.5, 0.6) is 0 Å². The van der Waals surface area contributed by atoms with E-state index in [9.17, 15) is 21.6 Å². The molecule has 2 aromatic carbocycles. The molecule has 1 fully saturated rings. The second-order valence-electron chi connectivity index (χ2n) is 6.49. The van der Waals surface area contributed by atoms with Crippen LogP contribution >= 0.6 is 11.3 Å². The number of piperazine rings is 1. The maximum Gasteiger partial charge on any atom is 0.243 e. The normalized spacial score (nSPS) is 15.6. The molecule has 1 aromatic heterocycles. The van der Waals surface area contributed by atoms with Gasteiger partial charge in [-0.05, 0) is 36.4 Å². The number of hydrogen-bond acceptors (Lipinski definition) is 5. The molecule has 0 radical (unpaired) electrons. The zero-order valence-electron chi connectivity index (χ0n) is 15.1. The van der Waals surface area contributed by atoms with Crippen LogP contribution < -0.4 is 4.90 Å². The first kappa shape index (κ1) is 19.9. The molecule has 0 spiro atoms. The van der Waals surface area contributed by atoms with Crippen molar-refractivity contribution >= 4 is 26.5 Å². The Morgan fingerprint density at radius 2 is 1.69 bits per heavy atom. The molecule has 29 heavy (non-hydrogen) atoms. The molecule has 1 aliphatic heterocycles. The van der Waals surface area contributed by atoms with E-state index in [4.69, 9.17) is 0 Å². The molecule has 0 aliphatic carbocycles. The van der Waals surface area contributed by atoms with Gasteiger partial charge in [-0.15, -0.1) is 11.3 Å². The van der Waals surface area contributed by atoms with Crippen molar-refractivity contribution in [3.8, 4) is 11.3 Å². The number of sulfonamides is 1. The fourth-order valence-corrected chi connectivity index (χ4v) is 5.44. The van der Waals surface area contributed by atoms with Gasteiger partial charge >= 0.3 is 0 Å². The van der Waals surface area contributed by atoms with E-state index in [1.54, 1.807) is 5.38 Å². The maximum absolute atomic E-state index is 13.5. The predicted molar refractivity (Wildman–Crippen MR) is 105 cm³/mol. The van der Waals surface area contributed by atoms with Gasteiger partial charge < -0.3 is 4.90 Å². The molecule has 0 amide bonds. The molecule has 1 saturated heterocycles. The molecule has 5 nitrogen and oxygen atoms in total. The summed E-state index contributed by atoms with van der Waals surface area (Å²) in [6.07, 6.45) is 0. The number of aromatic nitrogens is 1. The third-order valence-corrected chi connectivity index (χ3v) is 7.45. The lowest BCUT2D eigenvalue weighted by Gasteiger charge is -2.33. The second kappa shape index (κ2) is 7.77. The van der Waals surface area contributed by atoms with Gasteiger partial charge in [-0.2, -0.15) is 4.31 Å². The average Bonchev–Trinajstić information content (AvgIpc) is 3.20. The third-order valence-electron chi connectivity index (χ3n) is 4.65. The number of rotatable bonds is 4. The van der Waals surface area contributed by atoms with Crippen LogP contribution in [0.3, 0.4) is 0 Å². The van der Waals surface area contributed by atoms with Crippen LogP contribution in [-0.2, 0) is 10.0 Å². The van der Waals surface area contributed by atoms with Crippen molar-refractivity contribution in [2.75, 3.05) is 31.1 Å². The number of benzene rings is 2. The van der Waals surface area contributed by atoms with E-state index >= 15 is 0 Å². The van der Waals surface area contributed by atoms with Crippen LogP contribution in [-0.4, -0.2) is 43.9 Å². The zero-order valence-corrected chi connectivity index (χ0v) is 16.7. The Labute approximate surface area is 170 Å². The van der Waals surface area contributed by atoms with Gasteiger partial charge in [0.1, 0.15) is 5.82 Å². The van der Waals surface area contributed by atoms with Crippen LogP contribution in [0.15, 0.2) is 52.7 Å². The monoisotopic (exact) mass is 439 g/mol. The molecule has 4 rings (SSSR count). The summed E-state index contributed by atoms with van der Waals surface area (Å²) in [5, 5.41) is 2.42. The van der Waals surface area contributed by atoms with E-state index in [1.165, 1.54) is 39.9 Å². The zero-order chi connectivity index (χ0) is 20.6. The predicted octanol–water partition coefficient (Wildman–Crippen LogP) is 3.74. The van der Waals surface area contributed by atoms with E-state index in [1.807, 2.05) is 4.90 Å². The fraction of sp³-hybridized carbons (Fsp3) is 0.211. The quantitative estimate of drug-likeness (QED) is 0.622. The Morgan fingerprint density at radius 3 is 2.38 bits per heavy atom. The van der Waals surface area contributed by atoms with Crippen molar-refractivity contribution in [2.45, 2.75) is 4.90 Å². The van der Waals surface area contributed by atoms with Crippen molar-refractivity contribution < 1.29 is 21.6 Å². The maximum atomic E-state index is 13.5. The summed E-state index contributed by atoms with van der Waals surface area (Å²) >= 11 is 1.35. The van der Waals surface area contributed by atoms with Gasteiger partial charge in [-0.3, -0.25) is 0 Å². The summed E-state index contributed by atoms with van der Waals surface area (Å²) < 4.78 is 66.7. The van der Waals surface area contributed by atoms with Gasteiger partial charge in [0.2, 0.25) is 10.0 Å². The molecule has 0 unspecified atom stereocenters. The first-order valence-electron chi connectivity index (χ1n) is 8.76. The van der Waals surface area contributed by atoms with E-state index < -0.39 is 27.5 Å². The molecular weight excluding hydrogens is 423 g/mol. The lowest BCUT2D eigenvalue weighted by atomic mass is 10.2.